The zero-order valence-corrected chi connectivity index (χ0v) is 11.4. The van der Waals surface area contributed by atoms with Gasteiger partial charge in [0.2, 0.25) is 0 Å². The third-order valence-electron chi connectivity index (χ3n) is 1.99. The van der Waals surface area contributed by atoms with Crippen LogP contribution >= 0.6 is 15.9 Å². The minimum Gasteiger partial charge on any atom is -0.455 e. The lowest BCUT2D eigenvalue weighted by Gasteiger charge is -2.08. The summed E-state index contributed by atoms with van der Waals surface area (Å²) < 4.78 is 6.62. The van der Waals surface area contributed by atoms with Crippen molar-refractivity contribution in [2.75, 3.05) is 7.05 Å². The number of hydrogen-bond acceptors (Lipinski definition) is 3. The van der Waals surface area contributed by atoms with Crippen molar-refractivity contribution < 1.29 is 4.74 Å². The number of nitriles is 1. The van der Waals surface area contributed by atoms with Crippen LogP contribution in [0.25, 0.3) is 0 Å². The van der Waals surface area contributed by atoms with Gasteiger partial charge in [0, 0.05) is 11.5 Å². The monoisotopic (exact) mass is 292 g/mol. The Balaban J connectivity index is 2.93. The fourth-order valence-corrected chi connectivity index (χ4v) is 1.48. The van der Waals surface area contributed by atoms with Gasteiger partial charge < -0.3 is 4.74 Å². The summed E-state index contributed by atoms with van der Waals surface area (Å²) in [4.78, 5) is 3.89. The summed E-state index contributed by atoms with van der Waals surface area (Å²) in [7, 11) is 1.58. The highest BCUT2D eigenvalue weighted by Crippen LogP contribution is 2.19. The van der Waals surface area contributed by atoms with Crippen molar-refractivity contribution >= 4 is 21.6 Å². The Hall–Kier alpha value is -1.60. The van der Waals surface area contributed by atoms with Crippen LogP contribution in [0.1, 0.15) is 13.3 Å². The Kier molecular flexibility index (Phi) is 5.44. The second kappa shape index (κ2) is 6.87. The van der Waals surface area contributed by atoms with Gasteiger partial charge in [-0.3, -0.25) is 4.99 Å². The number of nitrogens with zero attached hydrogens (tertiary/aromatic N) is 2. The molecule has 0 saturated heterocycles. The summed E-state index contributed by atoms with van der Waals surface area (Å²) >= 11 is 3.35. The molecule has 0 aliphatic heterocycles. The average molecular weight is 293 g/mol. The Labute approximate surface area is 110 Å². The molecule has 0 N–H and O–H groups in total. The van der Waals surface area contributed by atoms with Crippen molar-refractivity contribution in [2.45, 2.75) is 13.3 Å². The van der Waals surface area contributed by atoms with Crippen molar-refractivity contribution in [1.29, 1.82) is 5.26 Å². The number of allylic oxidation sites excluding steroid dienone is 2. The van der Waals surface area contributed by atoms with E-state index in [0.717, 1.165) is 10.9 Å². The third-order valence-corrected chi connectivity index (χ3v) is 2.52. The summed E-state index contributed by atoms with van der Waals surface area (Å²) in [5.41, 5.74) is 0.301. The molecule has 0 aliphatic rings. The number of ether oxygens (including phenoxy) is 1. The molecule has 0 aromatic heterocycles. The van der Waals surface area contributed by atoms with E-state index in [0.29, 0.717) is 17.2 Å². The van der Waals surface area contributed by atoms with Gasteiger partial charge in [-0.1, -0.05) is 22.9 Å². The van der Waals surface area contributed by atoms with E-state index in [1.54, 1.807) is 7.05 Å². The molecule has 0 atom stereocenters. The first kappa shape index (κ1) is 13.5. The smallest absolute Gasteiger partial charge is 0.177 e. The van der Waals surface area contributed by atoms with Crippen molar-refractivity contribution in [3.63, 3.8) is 0 Å². The van der Waals surface area contributed by atoms with Crippen LogP contribution in [-0.2, 0) is 0 Å². The molecule has 0 saturated carbocycles. The summed E-state index contributed by atoms with van der Waals surface area (Å²) in [6, 6.07) is 9.44. The minimum atomic E-state index is 0.301. The lowest BCUT2D eigenvalue weighted by Crippen LogP contribution is -2.07. The summed E-state index contributed by atoms with van der Waals surface area (Å²) in [5, 5.41) is 8.94. The third kappa shape index (κ3) is 4.04. The van der Waals surface area contributed by atoms with Gasteiger partial charge in [0.15, 0.2) is 11.5 Å². The number of rotatable bonds is 4. The molecule has 4 heteroatoms. The maximum atomic E-state index is 8.94. The molecule has 3 nitrogen and oxygen atoms in total. The molecule has 0 spiro atoms. The highest BCUT2D eigenvalue weighted by Gasteiger charge is 2.07. The number of halogens is 1. The highest BCUT2D eigenvalue weighted by molar-refractivity contribution is 9.10. The topological polar surface area (TPSA) is 45.4 Å². The molecule has 0 fully saturated rings. The zero-order chi connectivity index (χ0) is 12.7. The Bertz CT molecular complexity index is 469. The van der Waals surface area contributed by atoms with Gasteiger partial charge in [0.25, 0.3) is 0 Å². The van der Waals surface area contributed by atoms with E-state index in [4.69, 9.17) is 10.00 Å². The van der Waals surface area contributed by atoms with E-state index in [1.165, 1.54) is 0 Å². The predicted molar refractivity (Wildman–Crippen MR) is 72.1 cm³/mol. The summed E-state index contributed by atoms with van der Waals surface area (Å²) in [6.07, 6.45) is 2.63. The van der Waals surface area contributed by atoms with E-state index in [9.17, 15) is 0 Å². The van der Waals surface area contributed by atoms with E-state index < -0.39 is 0 Å². The van der Waals surface area contributed by atoms with Crippen molar-refractivity contribution in [1.82, 2.24) is 0 Å². The van der Waals surface area contributed by atoms with Gasteiger partial charge in [0.1, 0.15) is 11.8 Å². The molecule has 17 heavy (non-hydrogen) atoms. The lowest BCUT2D eigenvalue weighted by molar-refractivity contribution is 0.452. The SMILES string of the molecule is CC/C=C(/Oc1ccc(Br)cc1)C(C#N)=NC. The second-order valence-electron chi connectivity index (χ2n) is 3.22. The maximum absolute atomic E-state index is 8.94. The quantitative estimate of drug-likeness (QED) is 0.627. The fraction of sp³-hybridized carbons (Fsp3) is 0.231. The van der Waals surface area contributed by atoms with Crippen molar-refractivity contribution in [3.05, 3.63) is 40.6 Å². The van der Waals surface area contributed by atoms with Gasteiger partial charge in [-0.25, -0.2) is 0 Å². The molecule has 1 aromatic carbocycles. The van der Waals surface area contributed by atoms with E-state index in [1.807, 2.05) is 43.3 Å². The Morgan fingerprint density at radius 1 is 1.47 bits per heavy atom. The fourth-order valence-electron chi connectivity index (χ4n) is 1.22. The molecule has 1 rings (SSSR count). The first-order valence-electron chi connectivity index (χ1n) is 5.22. The molecule has 0 heterocycles. The van der Waals surface area contributed by atoms with Gasteiger partial charge in [-0.05, 0) is 36.8 Å². The van der Waals surface area contributed by atoms with Crippen LogP contribution in [0.5, 0.6) is 5.75 Å². The molecule has 0 bridgehead atoms. The molecule has 0 radical (unpaired) electrons. The van der Waals surface area contributed by atoms with Crippen LogP contribution < -0.4 is 4.74 Å². The molecular formula is C13H13BrN2O. The van der Waals surface area contributed by atoms with E-state index >= 15 is 0 Å². The minimum absolute atomic E-state index is 0.301. The van der Waals surface area contributed by atoms with E-state index in [-0.39, 0.29) is 0 Å². The molecule has 0 aliphatic carbocycles. The number of hydrogen-bond donors (Lipinski definition) is 0. The Morgan fingerprint density at radius 2 is 2.12 bits per heavy atom. The maximum Gasteiger partial charge on any atom is 0.177 e. The van der Waals surface area contributed by atoms with Gasteiger partial charge >= 0.3 is 0 Å². The highest BCUT2D eigenvalue weighted by atomic mass is 79.9. The normalized spacial score (nSPS) is 12.1. The van der Waals surface area contributed by atoms with E-state index in [2.05, 4.69) is 20.9 Å². The summed E-state index contributed by atoms with van der Waals surface area (Å²) in [5.74, 6) is 1.18. The first-order valence-corrected chi connectivity index (χ1v) is 6.01. The van der Waals surface area contributed by atoms with Crippen LogP contribution in [0, 0.1) is 11.3 Å². The number of benzene rings is 1. The van der Waals surface area contributed by atoms with Gasteiger partial charge in [-0.15, -0.1) is 0 Å². The lowest BCUT2D eigenvalue weighted by atomic mass is 10.2. The van der Waals surface area contributed by atoms with Gasteiger partial charge in [0.05, 0.1) is 0 Å². The standard InChI is InChI=1S/C13H13BrN2O/c1-3-4-13(12(9-15)16-2)17-11-7-5-10(14)6-8-11/h4-8H,3H2,1-2H3/b13-4+,16-12?. The van der Waals surface area contributed by atoms with Crippen molar-refractivity contribution in [3.8, 4) is 11.8 Å². The van der Waals surface area contributed by atoms with Crippen LogP contribution in [-0.4, -0.2) is 12.8 Å². The Morgan fingerprint density at radius 3 is 2.59 bits per heavy atom. The zero-order valence-electron chi connectivity index (χ0n) is 9.77. The average Bonchev–Trinajstić information content (AvgIpc) is 2.34. The predicted octanol–water partition coefficient (Wildman–Crippen LogP) is 3.72. The second-order valence-corrected chi connectivity index (χ2v) is 4.13. The van der Waals surface area contributed by atoms with Crippen LogP contribution in [0.15, 0.2) is 45.6 Å². The molecule has 1 aromatic rings. The molecular weight excluding hydrogens is 280 g/mol. The van der Waals surface area contributed by atoms with Crippen molar-refractivity contribution in [2.24, 2.45) is 4.99 Å². The van der Waals surface area contributed by atoms with Crippen LogP contribution in [0.2, 0.25) is 0 Å². The number of aliphatic imine (C=N–C) groups is 1. The summed E-state index contributed by atoms with van der Waals surface area (Å²) in [6.45, 7) is 1.98. The molecule has 0 unspecified atom stereocenters. The van der Waals surface area contributed by atoms with Crippen LogP contribution in [0.3, 0.4) is 0 Å². The molecule has 0 amide bonds. The van der Waals surface area contributed by atoms with Crippen LogP contribution in [0.4, 0.5) is 0 Å². The largest absolute Gasteiger partial charge is 0.455 e. The van der Waals surface area contributed by atoms with Gasteiger partial charge in [-0.2, -0.15) is 5.26 Å². The molecule has 88 valence electrons. The first-order chi connectivity index (χ1) is 8.21.